The van der Waals surface area contributed by atoms with Crippen LogP contribution in [0.2, 0.25) is 0 Å². The molecule has 0 atom stereocenters. The maximum absolute atomic E-state index is 11.0. The summed E-state index contributed by atoms with van der Waals surface area (Å²) >= 11 is 0. The number of nitrogens with one attached hydrogen (secondary N) is 1. The Labute approximate surface area is 119 Å². The SMILES string of the molecule is Cc1nc(CNc2ccc([N+](=O)[O-])c3ncccc23)no1. The van der Waals surface area contributed by atoms with E-state index in [0.29, 0.717) is 29.2 Å². The average Bonchev–Trinajstić information content (AvgIpc) is 2.90. The Kier molecular flexibility index (Phi) is 3.19. The average molecular weight is 285 g/mol. The molecule has 0 bridgehead atoms. The maximum atomic E-state index is 11.0. The minimum Gasteiger partial charge on any atom is -0.377 e. The number of anilines is 1. The quantitative estimate of drug-likeness (QED) is 0.579. The van der Waals surface area contributed by atoms with Gasteiger partial charge in [-0.05, 0) is 18.2 Å². The fourth-order valence-electron chi connectivity index (χ4n) is 2.05. The van der Waals surface area contributed by atoms with Crippen molar-refractivity contribution in [2.75, 3.05) is 5.32 Å². The Morgan fingerprint density at radius 2 is 2.24 bits per heavy atom. The van der Waals surface area contributed by atoms with Gasteiger partial charge in [0.25, 0.3) is 5.69 Å². The van der Waals surface area contributed by atoms with Crippen molar-refractivity contribution in [1.29, 1.82) is 0 Å². The molecule has 2 heterocycles. The predicted molar refractivity (Wildman–Crippen MR) is 74.8 cm³/mol. The second kappa shape index (κ2) is 5.16. The zero-order chi connectivity index (χ0) is 14.8. The van der Waals surface area contributed by atoms with Gasteiger partial charge in [0.1, 0.15) is 5.52 Å². The van der Waals surface area contributed by atoms with Gasteiger partial charge in [-0.15, -0.1) is 0 Å². The van der Waals surface area contributed by atoms with Gasteiger partial charge >= 0.3 is 0 Å². The second-order valence-corrected chi connectivity index (χ2v) is 4.37. The van der Waals surface area contributed by atoms with E-state index in [0.717, 1.165) is 5.69 Å². The number of rotatable bonds is 4. The van der Waals surface area contributed by atoms with Crippen LogP contribution in [0.5, 0.6) is 0 Å². The van der Waals surface area contributed by atoms with Crippen molar-refractivity contribution in [3.05, 3.63) is 52.3 Å². The van der Waals surface area contributed by atoms with Crippen molar-refractivity contribution in [2.45, 2.75) is 13.5 Å². The Hall–Kier alpha value is -3.03. The lowest BCUT2D eigenvalue weighted by Crippen LogP contribution is -2.03. The van der Waals surface area contributed by atoms with Crippen LogP contribution in [0.15, 0.2) is 35.0 Å². The number of hydrogen-bond donors (Lipinski definition) is 1. The van der Waals surface area contributed by atoms with E-state index >= 15 is 0 Å². The van der Waals surface area contributed by atoms with Crippen molar-refractivity contribution in [3.8, 4) is 0 Å². The van der Waals surface area contributed by atoms with E-state index in [1.54, 1.807) is 25.1 Å². The molecule has 106 valence electrons. The molecule has 0 saturated heterocycles. The number of non-ortho nitro benzene ring substituents is 1. The normalized spacial score (nSPS) is 10.7. The van der Waals surface area contributed by atoms with Gasteiger partial charge in [-0.25, -0.2) is 4.98 Å². The summed E-state index contributed by atoms with van der Waals surface area (Å²) in [4.78, 5) is 18.8. The summed E-state index contributed by atoms with van der Waals surface area (Å²) in [6.45, 7) is 2.07. The van der Waals surface area contributed by atoms with E-state index < -0.39 is 4.92 Å². The zero-order valence-electron chi connectivity index (χ0n) is 11.1. The van der Waals surface area contributed by atoms with Crippen LogP contribution in [-0.4, -0.2) is 20.0 Å². The van der Waals surface area contributed by atoms with Crippen LogP contribution < -0.4 is 5.32 Å². The van der Waals surface area contributed by atoms with Crippen LogP contribution >= 0.6 is 0 Å². The number of aryl methyl sites for hydroxylation is 1. The van der Waals surface area contributed by atoms with Gasteiger partial charge in [0.15, 0.2) is 5.82 Å². The molecule has 3 aromatic rings. The molecule has 0 amide bonds. The van der Waals surface area contributed by atoms with Gasteiger partial charge < -0.3 is 9.84 Å². The largest absolute Gasteiger partial charge is 0.377 e. The number of pyridine rings is 1. The number of benzene rings is 1. The van der Waals surface area contributed by atoms with Crippen molar-refractivity contribution in [2.24, 2.45) is 0 Å². The number of aromatic nitrogens is 3. The number of nitrogens with zero attached hydrogens (tertiary/aromatic N) is 4. The van der Waals surface area contributed by atoms with Crippen LogP contribution in [0, 0.1) is 17.0 Å². The first-order valence-electron chi connectivity index (χ1n) is 6.20. The van der Waals surface area contributed by atoms with Gasteiger partial charge in [0.05, 0.1) is 11.5 Å². The van der Waals surface area contributed by atoms with E-state index in [4.69, 9.17) is 4.52 Å². The molecule has 3 rings (SSSR count). The Morgan fingerprint density at radius 1 is 1.38 bits per heavy atom. The molecule has 8 nitrogen and oxygen atoms in total. The van der Waals surface area contributed by atoms with Gasteiger partial charge in [-0.3, -0.25) is 10.1 Å². The lowest BCUT2D eigenvalue weighted by molar-refractivity contribution is -0.383. The highest BCUT2D eigenvalue weighted by molar-refractivity contribution is 5.96. The van der Waals surface area contributed by atoms with Gasteiger partial charge in [-0.1, -0.05) is 5.16 Å². The first kappa shape index (κ1) is 13.0. The van der Waals surface area contributed by atoms with Crippen LogP contribution in [0.4, 0.5) is 11.4 Å². The molecule has 0 unspecified atom stereocenters. The van der Waals surface area contributed by atoms with E-state index in [1.807, 2.05) is 0 Å². The summed E-state index contributed by atoms with van der Waals surface area (Å²) in [5, 5.41) is 18.6. The molecule has 0 spiro atoms. The zero-order valence-corrected chi connectivity index (χ0v) is 11.1. The third-order valence-corrected chi connectivity index (χ3v) is 2.95. The summed E-state index contributed by atoms with van der Waals surface area (Å²) in [6.07, 6.45) is 1.53. The topological polar surface area (TPSA) is 107 Å². The number of nitro benzene ring substituents is 1. The minimum absolute atomic E-state index is 0.0217. The van der Waals surface area contributed by atoms with Crippen LogP contribution in [0.3, 0.4) is 0 Å². The van der Waals surface area contributed by atoms with Crippen LogP contribution in [0.25, 0.3) is 10.9 Å². The second-order valence-electron chi connectivity index (χ2n) is 4.37. The van der Waals surface area contributed by atoms with E-state index in [1.165, 1.54) is 12.3 Å². The molecule has 21 heavy (non-hydrogen) atoms. The van der Waals surface area contributed by atoms with Gasteiger partial charge in [0, 0.05) is 30.3 Å². The van der Waals surface area contributed by atoms with E-state index in [2.05, 4.69) is 20.4 Å². The molecule has 8 heteroatoms. The molecular weight excluding hydrogens is 274 g/mol. The standard InChI is InChI=1S/C13H11N5O3/c1-8-16-12(17-21-8)7-15-10-4-5-11(18(19)20)13-9(10)3-2-6-14-13/h2-6,15H,7H2,1H3. The summed E-state index contributed by atoms with van der Waals surface area (Å²) in [7, 11) is 0. The first-order valence-corrected chi connectivity index (χ1v) is 6.20. The summed E-state index contributed by atoms with van der Waals surface area (Å²) < 4.78 is 4.89. The summed E-state index contributed by atoms with van der Waals surface area (Å²) in [6, 6.07) is 6.59. The van der Waals surface area contributed by atoms with E-state index in [9.17, 15) is 10.1 Å². The van der Waals surface area contributed by atoms with Crippen molar-refractivity contribution < 1.29 is 9.45 Å². The summed E-state index contributed by atoms with van der Waals surface area (Å²) in [5.74, 6) is 1.00. The molecule has 0 radical (unpaired) electrons. The molecule has 0 saturated carbocycles. The number of nitro groups is 1. The van der Waals surface area contributed by atoms with E-state index in [-0.39, 0.29) is 5.69 Å². The van der Waals surface area contributed by atoms with Crippen LogP contribution in [0.1, 0.15) is 11.7 Å². The highest BCUT2D eigenvalue weighted by Crippen LogP contribution is 2.29. The van der Waals surface area contributed by atoms with Crippen LogP contribution in [-0.2, 0) is 6.54 Å². The molecule has 0 aliphatic rings. The number of hydrogen-bond acceptors (Lipinski definition) is 7. The minimum atomic E-state index is -0.443. The molecule has 0 aliphatic heterocycles. The smallest absolute Gasteiger partial charge is 0.295 e. The van der Waals surface area contributed by atoms with Gasteiger partial charge in [0.2, 0.25) is 5.89 Å². The molecule has 0 fully saturated rings. The molecule has 1 aromatic carbocycles. The fourth-order valence-corrected chi connectivity index (χ4v) is 2.05. The van der Waals surface area contributed by atoms with Crippen molar-refractivity contribution >= 4 is 22.3 Å². The fraction of sp³-hybridized carbons (Fsp3) is 0.154. The first-order chi connectivity index (χ1) is 10.1. The lowest BCUT2D eigenvalue weighted by atomic mass is 10.1. The molecule has 1 N–H and O–H groups in total. The Bertz CT molecular complexity index is 814. The maximum Gasteiger partial charge on any atom is 0.295 e. The third-order valence-electron chi connectivity index (χ3n) is 2.95. The summed E-state index contributed by atoms with van der Waals surface area (Å²) in [5.41, 5.74) is 1.05. The highest BCUT2D eigenvalue weighted by atomic mass is 16.6. The third kappa shape index (κ3) is 2.50. The Morgan fingerprint density at radius 3 is 2.95 bits per heavy atom. The van der Waals surface area contributed by atoms with Crippen molar-refractivity contribution in [1.82, 2.24) is 15.1 Å². The Balaban J connectivity index is 1.96. The number of fused-ring (bicyclic) bond motifs is 1. The monoisotopic (exact) mass is 285 g/mol. The molecule has 0 aliphatic carbocycles. The highest BCUT2D eigenvalue weighted by Gasteiger charge is 2.15. The van der Waals surface area contributed by atoms with Gasteiger partial charge in [-0.2, -0.15) is 4.98 Å². The lowest BCUT2D eigenvalue weighted by Gasteiger charge is -2.07. The molecule has 2 aromatic heterocycles. The predicted octanol–water partition coefficient (Wildman–Crippen LogP) is 2.45. The van der Waals surface area contributed by atoms with Crippen molar-refractivity contribution in [3.63, 3.8) is 0 Å². The molecular formula is C13H11N5O3.